The first-order chi connectivity index (χ1) is 14.1. The van der Waals surface area contributed by atoms with Gasteiger partial charge in [-0.1, -0.05) is 54.6 Å². The third-order valence-corrected chi connectivity index (χ3v) is 4.67. The predicted molar refractivity (Wildman–Crippen MR) is 119 cm³/mol. The van der Waals surface area contributed by atoms with E-state index in [1.807, 2.05) is 49.4 Å². The molecule has 0 atom stereocenters. The van der Waals surface area contributed by atoms with Crippen molar-refractivity contribution < 1.29 is 14.3 Å². The van der Waals surface area contributed by atoms with Gasteiger partial charge in [0.05, 0.1) is 6.61 Å². The van der Waals surface area contributed by atoms with Gasteiger partial charge < -0.3 is 9.47 Å². The minimum Gasteiger partial charge on any atom is -0.488 e. The zero-order valence-electron chi connectivity index (χ0n) is 17.1. The van der Waals surface area contributed by atoms with E-state index in [1.54, 1.807) is 6.92 Å². The van der Waals surface area contributed by atoms with Gasteiger partial charge in [-0.05, 0) is 66.8 Å². The van der Waals surface area contributed by atoms with E-state index >= 15 is 0 Å². The Labute approximate surface area is 172 Å². The molecule has 29 heavy (non-hydrogen) atoms. The number of benzene rings is 2. The molecule has 3 nitrogen and oxygen atoms in total. The van der Waals surface area contributed by atoms with Crippen molar-refractivity contribution in [3.05, 3.63) is 95.1 Å². The van der Waals surface area contributed by atoms with Crippen LogP contribution in [0.2, 0.25) is 0 Å². The van der Waals surface area contributed by atoms with Crippen molar-refractivity contribution in [3.63, 3.8) is 0 Å². The molecule has 0 saturated carbocycles. The molecule has 3 rings (SSSR count). The van der Waals surface area contributed by atoms with Gasteiger partial charge in [0.15, 0.2) is 0 Å². The number of rotatable bonds is 6. The highest BCUT2D eigenvalue weighted by atomic mass is 16.5. The fraction of sp³-hybridized carbons (Fsp3) is 0.192. The van der Waals surface area contributed by atoms with Crippen molar-refractivity contribution in [2.75, 3.05) is 13.2 Å². The fourth-order valence-electron chi connectivity index (χ4n) is 3.08. The van der Waals surface area contributed by atoms with Crippen molar-refractivity contribution in [2.45, 2.75) is 20.8 Å². The van der Waals surface area contributed by atoms with E-state index in [2.05, 4.69) is 37.3 Å². The maximum absolute atomic E-state index is 11.5. The van der Waals surface area contributed by atoms with Gasteiger partial charge in [0.25, 0.3) is 0 Å². The van der Waals surface area contributed by atoms with E-state index in [-0.39, 0.29) is 5.97 Å². The van der Waals surface area contributed by atoms with Crippen LogP contribution in [-0.4, -0.2) is 19.2 Å². The van der Waals surface area contributed by atoms with Crippen molar-refractivity contribution >= 4 is 12.0 Å². The quantitative estimate of drug-likeness (QED) is 0.340. The van der Waals surface area contributed by atoms with Crippen molar-refractivity contribution in [1.29, 1.82) is 0 Å². The summed E-state index contributed by atoms with van der Waals surface area (Å²) in [4.78, 5) is 11.5. The molecule has 2 aromatic rings. The van der Waals surface area contributed by atoms with Crippen LogP contribution in [0, 0.1) is 0 Å². The number of hydrogen-bond acceptors (Lipinski definition) is 3. The highest BCUT2D eigenvalue weighted by Gasteiger charge is 2.13. The second kappa shape index (κ2) is 9.74. The summed E-state index contributed by atoms with van der Waals surface area (Å²) in [5.74, 6) is 0.592. The Morgan fingerprint density at radius 1 is 1.10 bits per heavy atom. The maximum Gasteiger partial charge on any atom is 0.330 e. The van der Waals surface area contributed by atoms with Crippen LogP contribution >= 0.6 is 0 Å². The molecule has 3 heteroatoms. The average molecular weight is 386 g/mol. The van der Waals surface area contributed by atoms with Crippen LogP contribution < -0.4 is 4.74 Å². The van der Waals surface area contributed by atoms with E-state index < -0.39 is 0 Å². The smallest absolute Gasteiger partial charge is 0.330 e. The average Bonchev–Trinajstić information content (AvgIpc) is 2.73. The summed E-state index contributed by atoms with van der Waals surface area (Å²) >= 11 is 0. The highest BCUT2D eigenvalue weighted by Crippen LogP contribution is 2.32. The summed E-state index contributed by atoms with van der Waals surface area (Å²) in [7, 11) is 0. The van der Waals surface area contributed by atoms with Gasteiger partial charge in [0.1, 0.15) is 12.4 Å². The Morgan fingerprint density at radius 2 is 1.90 bits per heavy atom. The van der Waals surface area contributed by atoms with Gasteiger partial charge in [0.2, 0.25) is 0 Å². The molecular weight excluding hydrogens is 360 g/mol. The molecule has 0 radical (unpaired) electrons. The number of ether oxygens (including phenoxy) is 2. The van der Waals surface area contributed by atoms with Gasteiger partial charge >= 0.3 is 5.97 Å². The first-order valence-corrected chi connectivity index (χ1v) is 9.80. The van der Waals surface area contributed by atoms with Crippen molar-refractivity contribution in [1.82, 2.24) is 0 Å². The molecule has 1 aliphatic rings. The molecule has 1 aliphatic heterocycles. The number of carbonyl (C=O) groups excluding carboxylic acids is 1. The van der Waals surface area contributed by atoms with Crippen LogP contribution in [0.4, 0.5) is 0 Å². The fourth-order valence-corrected chi connectivity index (χ4v) is 3.08. The van der Waals surface area contributed by atoms with Crippen LogP contribution in [0.15, 0.2) is 89.6 Å². The molecule has 0 saturated heterocycles. The summed E-state index contributed by atoms with van der Waals surface area (Å²) in [5, 5.41) is 0. The minimum absolute atomic E-state index is 0.315. The number of esters is 1. The molecule has 0 N–H and O–H groups in total. The number of allylic oxidation sites excluding steroid dienone is 4. The summed E-state index contributed by atoms with van der Waals surface area (Å²) in [6.07, 6.45) is 9.55. The predicted octanol–water partition coefficient (Wildman–Crippen LogP) is 6.14. The van der Waals surface area contributed by atoms with E-state index in [4.69, 9.17) is 9.47 Å². The highest BCUT2D eigenvalue weighted by molar-refractivity contribution is 5.83. The first-order valence-electron chi connectivity index (χ1n) is 9.80. The molecule has 0 aromatic heterocycles. The topological polar surface area (TPSA) is 35.5 Å². The molecular formula is C26H26O3. The Kier molecular flexibility index (Phi) is 6.85. The molecule has 0 aliphatic carbocycles. The number of hydrogen-bond donors (Lipinski definition) is 0. The van der Waals surface area contributed by atoms with Gasteiger partial charge in [-0.25, -0.2) is 4.79 Å². The Morgan fingerprint density at radius 3 is 2.66 bits per heavy atom. The standard InChI is InChI=1S/C26H26O3/c1-4-28-26(27)15-19(2)9-8-10-20(3)24-17-23-16-22(13-14-25(23)29-18-24)21-11-6-5-7-12-21/h5-17H,4,18H2,1-3H3/b9-8+,19-15+,20-10+. The minimum atomic E-state index is -0.315. The van der Waals surface area contributed by atoms with Gasteiger partial charge in [-0.15, -0.1) is 0 Å². The van der Waals surface area contributed by atoms with Crippen LogP contribution in [0.25, 0.3) is 17.2 Å². The normalized spacial score (nSPS) is 14.2. The maximum atomic E-state index is 11.5. The van der Waals surface area contributed by atoms with E-state index in [9.17, 15) is 4.79 Å². The second-order valence-electron chi connectivity index (χ2n) is 6.93. The molecule has 0 spiro atoms. The van der Waals surface area contributed by atoms with Gasteiger partial charge in [-0.3, -0.25) is 0 Å². The molecule has 0 fully saturated rings. The summed E-state index contributed by atoms with van der Waals surface area (Å²) in [6, 6.07) is 16.6. The van der Waals surface area contributed by atoms with Gasteiger partial charge in [-0.2, -0.15) is 0 Å². The van der Waals surface area contributed by atoms with E-state index in [1.165, 1.54) is 17.2 Å². The van der Waals surface area contributed by atoms with Crippen LogP contribution in [0.1, 0.15) is 26.3 Å². The van der Waals surface area contributed by atoms with Crippen LogP contribution in [0.3, 0.4) is 0 Å². The molecule has 0 bridgehead atoms. The lowest BCUT2D eigenvalue weighted by Gasteiger charge is -2.19. The number of carbonyl (C=O) groups is 1. The molecule has 2 aromatic carbocycles. The lowest BCUT2D eigenvalue weighted by molar-refractivity contribution is -0.137. The molecule has 0 unspecified atom stereocenters. The number of fused-ring (bicyclic) bond motifs is 1. The third kappa shape index (κ3) is 5.58. The van der Waals surface area contributed by atoms with Crippen LogP contribution in [0.5, 0.6) is 5.75 Å². The lowest BCUT2D eigenvalue weighted by atomic mass is 9.97. The summed E-state index contributed by atoms with van der Waals surface area (Å²) in [6.45, 7) is 6.67. The molecule has 148 valence electrons. The third-order valence-electron chi connectivity index (χ3n) is 4.67. The van der Waals surface area contributed by atoms with Gasteiger partial charge in [0, 0.05) is 11.6 Å². The first kappa shape index (κ1) is 20.4. The zero-order valence-corrected chi connectivity index (χ0v) is 17.1. The molecule has 1 heterocycles. The second-order valence-corrected chi connectivity index (χ2v) is 6.93. The van der Waals surface area contributed by atoms with E-state index in [0.717, 1.165) is 28.0 Å². The van der Waals surface area contributed by atoms with E-state index in [0.29, 0.717) is 13.2 Å². The Hall–Kier alpha value is -3.33. The largest absolute Gasteiger partial charge is 0.488 e. The van der Waals surface area contributed by atoms with Crippen molar-refractivity contribution in [2.24, 2.45) is 0 Å². The van der Waals surface area contributed by atoms with Crippen LogP contribution in [-0.2, 0) is 9.53 Å². The Bertz CT molecular complexity index is 992. The summed E-state index contributed by atoms with van der Waals surface area (Å²) < 4.78 is 10.9. The lowest BCUT2D eigenvalue weighted by Crippen LogP contribution is -2.08. The molecule has 0 amide bonds. The zero-order chi connectivity index (χ0) is 20.6. The summed E-state index contributed by atoms with van der Waals surface area (Å²) in [5.41, 5.74) is 6.56. The van der Waals surface area contributed by atoms with Crippen molar-refractivity contribution in [3.8, 4) is 16.9 Å². The monoisotopic (exact) mass is 386 g/mol. The SMILES string of the molecule is CCOC(=O)/C=C(C)/C=C/C=C(\C)C1=Cc2cc(-c3ccccc3)ccc2OC1. The Balaban J connectivity index is 1.77.